The highest BCUT2D eigenvalue weighted by atomic mass is 32.2. The van der Waals surface area contributed by atoms with Crippen LogP contribution in [0.3, 0.4) is 0 Å². The molecule has 152 valence electrons. The van der Waals surface area contributed by atoms with E-state index in [0.29, 0.717) is 27.6 Å². The van der Waals surface area contributed by atoms with E-state index >= 15 is 0 Å². The van der Waals surface area contributed by atoms with Crippen molar-refractivity contribution >= 4 is 38.4 Å². The van der Waals surface area contributed by atoms with Crippen LogP contribution < -0.4 is 13.9 Å². The molecule has 4 aromatic rings. The van der Waals surface area contributed by atoms with Gasteiger partial charge in [-0.25, -0.2) is 4.90 Å². The van der Waals surface area contributed by atoms with Gasteiger partial charge in [0.05, 0.1) is 16.8 Å². The SMILES string of the molecule is O=C1c2ccccc2C(=O)N1c1ccc2c(S(=O)(=O)O[n+]3ccccc3)cccc2c1. The molecule has 5 rings (SSSR count). The summed E-state index contributed by atoms with van der Waals surface area (Å²) < 4.78 is 32.0. The van der Waals surface area contributed by atoms with E-state index in [0.717, 1.165) is 9.63 Å². The largest absolute Gasteiger partial charge is 0.396 e. The Morgan fingerprint density at radius 3 is 2.10 bits per heavy atom. The van der Waals surface area contributed by atoms with Crippen molar-refractivity contribution in [1.82, 2.24) is 0 Å². The van der Waals surface area contributed by atoms with Crippen LogP contribution in [0.4, 0.5) is 5.69 Å². The van der Waals surface area contributed by atoms with Crippen molar-refractivity contribution in [1.29, 1.82) is 0 Å². The maximum absolute atomic E-state index is 12.8. The van der Waals surface area contributed by atoms with Gasteiger partial charge in [-0.3, -0.25) is 9.59 Å². The molecular formula is C23H15N2O5S+. The van der Waals surface area contributed by atoms with Crippen LogP contribution in [0.1, 0.15) is 20.7 Å². The van der Waals surface area contributed by atoms with Crippen molar-refractivity contribution in [2.24, 2.45) is 0 Å². The minimum atomic E-state index is -4.12. The van der Waals surface area contributed by atoms with Crippen molar-refractivity contribution in [2.45, 2.75) is 4.90 Å². The van der Waals surface area contributed by atoms with Crippen LogP contribution in [0, 0.1) is 0 Å². The van der Waals surface area contributed by atoms with E-state index in [2.05, 4.69) is 0 Å². The van der Waals surface area contributed by atoms with Gasteiger partial charge in [0, 0.05) is 22.2 Å². The van der Waals surface area contributed by atoms with Gasteiger partial charge in [0.1, 0.15) is 4.90 Å². The first-order chi connectivity index (χ1) is 15.0. The molecule has 3 aromatic carbocycles. The minimum Gasteiger partial charge on any atom is -0.268 e. The highest BCUT2D eigenvalue weighted by Crippen LogP contribution is 2.32. The number of carbonyl (C=O) groups is 2. The zero-order valence-corrected chi connectivity index (χ0v) is 16.8. The highest BCUT2D eigenvalue weighted by molar-refractivity contribution is 7.87. The van der Waals surface area contributed by atoms with Crippen LogP contribution in [0.25, 0.3) is 10.8 Å². The van der Waals surface area contributed by atoms with Crippen LogP contribution >= 0.6 is 0 Å². The van der Waals surface area contributed by atoms with Crippen molar-refractivity contribution < 1.29 is 27.0 Å². The number of hydrogen-bond acceptors (Lipinski definition) is 5. The average molecular weight is 431 g/mol. The molecule has 2 amide bonds. The molecule has 0 N–H and O–H groups in total. The fourth-order valence-corrected chi connectivity index (χ4v) is 4.71. The number of fused-ring (bicyclic) bond motifs is 2. The summed E-state index contributed by atoms with van der Waals surface area (Å²) in [6.07, 6.45) is 2.95. The van der Waals surface area contributed by atoms with E-state index in [1.54, 1.807) is 72.8 Å². The zero-order valence-electron chi connectivity index (χ0n) is 16.0. The number of hydrogen-bond donors (Lipinski definition) is 0. The number of pyridine rings is 1. The van der Waals surface area contributed by atoms with Gasteiger partial charge in [-0.2, -0.15) is 8.42 Å². The van der Waals surface area contributed by atoms with Crippen molar-refractivity contribution in [3.8, 4) is 0 Å². The summed E-state index contributed by atoms with van der Waals surface area (Å²) in [4.78, 5) is 26.6. The third kappa shape index (κ3) is 3.13. The molecule has 1 aromatic heterocycles. The lowest BCUT2D eigenvalue weighted by Crippen LogP contribution is -2.44. The predicted molar refractivity (Wildman–Crippen MR) is 112 cm³/mol. The molecule has 2 heterocycles. The number of nitrogens with zero attached hydrogens (tertiary/aromatic N) is 2. The van der Waals surface area contributed by atoms with Gasteiger partial charge >= 0.3 is 10.1 Å². The molecule has 0 atom stereocenters. The Kier molecular flexibility index (Phi) is 4.30. The standard InChI is InChI=1S/C23H15N2O5S/c26-22-19-8-2-3-9-20(19)23(27)25(22)17-11-12-18-16(15-17)7-6-10-21(18)31(28,29)30-24-13-4-1-5-14-24/h1-15H/q+1. The quantitative estimate of drug-likeness (QED) is 0.366. The first-order valence-corrected chi connectivity index (χ1v) is 10.8. The summed E-state index contributed by atoms with van der Waals surface area (Å²) in [6, 6.07) is 21.1. The Balaban J connectivity index is 1.56. The Morgan fingerprint density at radius 1 is 0.742 bits per heavy atom. The van der Waals surface area contributed by atoms with E-state index in [9.17, 15) is 18.0 Å². The van der Waals surface area contributed by atoms with Crippen LogP contribution in [0.15, 0.2) is 96.2 Å². The topological polar surface area (TPSA) is 84.6 Å². The molecule has 0 fully saturated rings. The molecule has 0 radical (unpaired) electrons. The predicted octanol–water partition coefficient (Wildman–Crippen LogP) is 2.75. The van der Waals surface area contributed by atoms with Gasteiger partial charge < -0.3 is 0 Å². The molecule has 0 aliphatic carbocycles. The summed E-state index contributed by atoms with van der Waals surface area (Å²) >= 11 is 0. The summed E-state index contributed by atoms with van der Waals surface area (Å²) in [6.45, 7) is 0. The van der Waals surface area contributed by atoms with E-state index in [1.165, 1.54) is 18.5 Å². The van der Waals surface area contributed by atoms with E-state index < -0.39 is 21.9 Å². The summed E-state index contributed by atoms with van der Waals surface area (Å²) in [5.74, 6) is -0.819. The van der Waals surface area contributed by atoms with Gasteiger partial charge in [-0.05, 0) is 35.7 Å². The molecule has 8 heteroatoms. The maximum atomic E-state index is 12.8. The van der Waals surface area contributed by atoms with E-state index in [1.807, 2.05) is 0 Å². The van der Waals surface area contributed by atoms with Gasteiger partial charge in [-0.15, -0.1) is 4.28 Å². The number of aromatic nitrogens is 1. The lowest BCUT2D eigenvalue weighted by molar-refractivity contribution is -0.856. The Labute approximate surface area is 177 Å². The molecule has 0 saturated carbocycles. The molecule has 1 aliphatic heterocycles. The summed E-state index contributed by atoms with van der Waals surface area (Å²) in [5, 5.41) is 0.969. The third-order valence-electron chi connectivity index (χ3n) is 5.02. The van der Waals surface area contributed by atoms with Crippen LogP contribution in [0.5, 0.6) is 0 Å². The minimum absolute atomic E-state index is 0.0183. The lowest BCUT2D eigenvalue weighted by Gasteiger charge is -2.15. The monoisotopic (exact) mass is 431 g/mol. The van der Waals surface area contributed by atoms with Gasteiger partial charge in [0.2, 0.25) is 12.4 Å². The lowest BCUT2D eigenvalue weighted by atomic mass is 10.1. The molecular weight excluding hydrogens is 416 g/mol. The van der Waals surface area contributed by atoms with Gasteiger partial charge in [-0.1, -0.05) is 36.4 Å². The van der Waals surface area contributed by atoms with Gasteiger partial charge in [0.25, 0.3) is 11.8 Å². The Morgan fingerprint density at radius 2 is 1.42 bits per heavy atom. The first kappa shape index (κ1) is 19.0. The van der Waals surface area contributed by atoms with Crippen LogP contribution in [-0.4, -0.2) is 20.2 Å². The number of carbonyl (C=O) groups excluding carboxylic acids is 2. The zero-order chi connectivity index (χ0) is 21.6. The molecule has 7 nitrogen and oxygen atoms in total. The molecule has 1 aliphatic rings. The number of imide groups is 1. The van der Waals surface area contributed by atoms with Crippen molar-refractivity contribution in [2.75, 3.05) is 4.90 Å². The molecule has 0 spiro atoms. The smallest absolute Gasteiger partial charge is 0.268 e. The normalized spacial score (nSPS) is 13.5. The molecule has 31 heavy (non-hydrogen) atoms. The van der Waals surface area contributed by atoms with Crippen LogP contribution in [0.2, 0.25) is 0 Å². The highest BCUT2D eigenvalue weighted by Gasteiger charge is 2.36. The maximum Gasteiger partial charge on any atom is 0.396 e. The van der Waals surface area contributed by atoms with Gasteiger partial charge in [0.15, 0.2) is 0 Å². The van der Waals surface area contributed by atoms with E-state index in [-0.39, 0.29) is 4.90 Å². The first-order valence-electron chi connectivity index (χ1n) is 9.37. The second kappa shape index (κ2) is 7.03. The molecule has 0 unspecified atom stereocenters. The average Bonchev–Trinajstić information content (AvgIpc) is 3.03. The summed E-state index contributed by atoms with van der Waals surface area (Å²) in [5.41, 5.74) is 1.06. The third-order valence-corrected chi connectivity index (χ3v) is 6.28. The summed E-state index contributed by atoms with van der Waals surface area (Å²) in [7, 11) is -4.12. The Bertz CT molecular complexity index is 1430. The Hall–Kier alpha value is -4.04. The fraction of sp³-hybridized carbons (Fsp3) is 0. The van der Waals surface area contributed by atoms with E-state index in [4.69, 9.17) is 4.28 Å². The van der Waals surface area contributed by atoms with Crippen molar-refractivity contribution in [3.63, 3.8) is 0 Å². The number of amides is 2. The fourth-order valence-electron chi connectivity index (χ4n) is 3.61. The second-order valence-corrected chi connectivity index (χ2v) is 8.41. The second-order valence-electron chi connectivity index (χ2n) is 6.92. The number of benzene rings is 3. The van der Waals surface area contributed by atoms with Crippen LogP contribution in [-0.2, 0) is 10.1 Å². The number of rotatable bonds is 4. The molecule has 0 bridgehead atoms. The molecule has 0 saturated heterocycles. The van der Waals surface area contributed by atoms with Crippen molar-refractivity contribution in [3.05, 3.63) is 102 Å². The number of anilines is 1.